The molecule has 2 N–H and O–H groups in total. The molecule has 2 aromatic rings. The fourth-order valence-electron chi connectivity index (χ4n) is 4.06. The maximum Gasteiger partial charge on any atom is 0.255 e. The quantitative estimate of drug-likeness (QED) is 0.799. The Hall–Kier alpha value is -2.54. The van der Waals surface area contributed by atoms with Crippen LogP contribution in [0.4, 0.5) is 0 Å². The maximum absolute atomic E-state index is 12.3. The number of nitrogens with one attached hydrogen (secondary N) is 2. The van der Waals surface area contributed by atoms with E-state index in [1.807, 2.05) is 35.9 Å². The fraction of sp³-hybridized carbons (Fsp3) is 0.476. The van der Waals surface area contributed by atoms with E-state index in [1.165, 1.54) is 0 Å². The number of hydrogen-bond donors (Lipinski definition) is 2. The molecule has 1 aromatic carbocycles. The molecule has 2 amide bonds. The highest BCUT2D eigenvalue weighted by molar-refractivity contribution is 5.97. The Morgan fingerprint density at radius 3 is 2.79 bits per heavy atom. The van der Waals surface area contributed by atoms with Gasteiger partial charge in [0.15, 0.2) is 0 Å². The molecule has 1 aromatic heterocycles. The van der Waals surface area contributed by atoms with Crippen molar-refractivity contribution in [2.24, 2.45) is 0 Å². The summed E-state index contributed by atoms with van der Waals surface area (Å²) in [6, 6.07) is 9.45. The van der Waals surface area contributed by atoms with Crippen molar-refractivity contribution in [3.05, 3.63) is 47.8 Å². The van der Waals surface area contributed by atoms with E-state index in [-0.39, 0.29) is 30.3 Å². The van der Waals surface area contributed by atoms with Gasteiger partial charge in [-0.25, -0.2) is 0 Å². The van der Waals surface area contributed by atoms with E-state index in [0.717, 1.165) is 31.4 Å². The Kier molecular flexibility index (Phi) is 6.47. The molecule has 1 aliphatic carbocycles. The van der Waals surface area contributed by atoms with Gasteiger partial charge in [0.2, 0.25) is 5.91 Å². The lowest BCUT2D eigenvalue weighted by Crippen LogP contribution is -2.51. The van der Waals surface area contributed by atoms with Gasteiger partial charge in [0.05, 0.1) is 12.1 Å². The van der Waals surface area contributed by atoms with Gasteiger partial charge in [-0.15, -0.1) is 12.4 Å². The summed E-state index contributed by atoms with van der Waals surface area (Å²) in [4.78, 5) is 24.6. The third kappa shape index (κ3) is 4.72. The van der Waals surface area contributed by atoms with Gasteiger partial charge in [-0.2, -0.15) is 5.10 Å². The van der Waals surface area contributed by atoms with E-state index in [9.17, 15) is 9.59 Å². The van der Waals surface area contributed by atoms with Crippen LogP contribution in [0.1, 0.15) is 48.2 Å². The summed E-state index contributed by atoms with van der Waals surface area (Å²) >= 11 is 0. The van der Waals surface area contributed by atoms with Crippen LogP contribution in [-0.4, -0.2) is 39.8 Å². The molecule has 7 nitrogen and oxygen atoms in total. The number of rotatable bonds is 4. The van der Waals surface area contributed by atoms with Crippen LogP contribution >= 0.6 is 12.4 Å². The number of ether oxygens (including phenoxy) is 1. The van der Waals surface area contributed by atoms with Crippen LogP contribution in [0.15, 0.2) is 36.5 Å². The molecule has 156 valence electrons. The molecule has 0 atom stereocenters. The number of benzene rings is 1. The summed E-state index contributed by atoms with van der Waals surface area (Å²) in [6.45, 7) is 3.07. The van der Waals surface area contributed by atoms with E-state index in [1.54, 1.807) is 12.3 Å². The molecule has 1 aliphatic heterocycles. The number of carbonyl (C=O) groups excluding carboxylic acids is 2. The van der Waals surface area contributed by atoms with Crippen molar-refractivity contribution in [3.8, 4) is 5.75 Å². The van der Waals surface area contributed by atoms with Crippen LogP contribution in [0.25, 0.3) is 0 Å². The molecular weight excluding hydrogens is 392 g/mol. The summed E-state index contributed by atoms with van der Waals surface area (Å²) in [5, 5.41) is 10.4. The van der Waals surface area contributed by atoms with Gasteiger partial charge in [0.1, 0.15) is 11.4 Å². The molecule has 4 rings (SSSR count). The van der Waals surface area contributed by atoms with Gasteiger partial charge in [-0.3, -0.25) is 14.3 Å². The highest BCUT2D eigenvalue weighted by Gasteiger charge is 2.40. The summed E-state index contributed by atoms with van der Waals surface area (Å²) in [5.41, 5.74) is 1.25. The molecule has 1 saturated carbocycles. The number of hydrogen-bond acceptors (Lipinski definition) is 4. The number of amides is 2. The van der Waals surface area contributed by atoms with Crippen LogP contribution in [0.5, 0.6) is 5.75 Å². The fourth-order valence-corrected chi connectivity index (χ4v) is 4.06. The largest absolute Gasteiger partial charge is 0.485 e. The van der Waals surface area contributed by atoms with Gasteiger partial charge in [-0.1, -0.05) is 12.1 Å². The van der Waals surface area contributed by atoms with Crippen molar-refractivity contribution in [1.29, 1.82) is 0 Å². The van der Waals surface area contributed by atoms with Crippen molar-refractivity contribution >= 4 is 24.2 Å². The normalized spacial score (nSPS) is 23.2. The number of carbonyl (C=O) groups is 2. The minimum atomic E-state index is -0.393. The van der Waals surface area contributed by atoms with E-state index in [0.29, 0.717) is 30.8 Å². The number of para-hydroxylation sites is 1. The lowest BCUT2D eigenvalue weighted by atomic mass is 9.81. The zero-order valence-corrected chi connectivity index (χ0v) is 17.3. The number of aryl methyl sites for hydroxylation is 2. The number of nitrogens with zero attached hydrogens (tertiary/aromatic N) is 2. The monoisotopic (exact) mass is 418 g/mol. The first-order valence-electron chi connectivity index (χ1n) is 9.89. The standard InChI is InChI=1S/C21H26N4O3.ClH/c1-15-8-12-23-25(15)13-9-19(26)24-16-6-10-21(11-7-16)14-22-20(27)17-4-2-3-5-18(17)28-21;/h2-5,8,12,16H,6-7,9-11,13-14H2,1H3,(H,22,27)(H,24,26);1H. The third-order valence-corrected chi connectivity index (χ3v) is 5.77. The first kappa shape index (κ1) is 21.2. The molecule has 1 spiro atoms. The van der Waals surface area contributed by atoms with E-state index in [2.05, 4.69) is 15.7 Å². The average Bonchev–Trinajstić information content (AvgIpc) is 3.05. The predicted octanol–water partition coefficient (Wildman–Crippen LogP) is 2.62. The number of fused-ring (bicyclic) bond motifs is 1. The van der Waals surface area contributed by atoms with Crippen molar-refractivity contribution in [1.82, 2.24) is 20.4 Å². The molecule has 2 aliphatic rings. The van der Waals surface area contributed by atoms with Crippen LogP contribution in [0.2, 0.25) is 0 Å². The Labute approximate surface area is 176 Å². The van der Waals surface area contributed by atoms with Crippen LogP contribution in [-0.2, 0) is 11.3 Å². The molecule has 0 unspecified atom stereocenters. The number of halogens is 1. The average molecular weight is 419 g/mol. The lowest BCUT2D eigenvalue weighted by molar-refractivity contribution is -0.122. The summed E-state index contributed by atoms with van der Waals surface area (Å²) in [5.74, 6) is 0.614. The van der Waals surface area contributed by atoms with Gasteiger partial charge in [-0.05, 0) is 50.8 Å². The second-order valence-corrected chi connectivity index (χ2v) is 7.75. The predicted molar refractivity (Wildman–Crippen MR) is 111 cm³/mol. The molecule has 0 saturated heterocycles. The third-order valence-electron chi connectivity index (χ3n) is 5.77. The molecule has 0 bridgehead atoms. The maximum atomic E-state index is 12.3. The zero-order valence-electron chi connectivity index (χ0n) is 16.5. The van der Waals surface area contributed by atoms with Gasteiger partial charge in [0.25, 0.3) is 5.91 Å². The van der Waals surface area contributed by atoms with Gasteiger partial charge < -0.3 is 15.4 Å². The molecular formula is C21H27ClN4O3. The molecule has 0 radical (unpaired) electrons. The zero-order chi connectivity index (χ0) is 19.6. The van der Waals surface area contributed by atoms with Crippen LogP contribution in [0, 0.1) is 6.92 Å². The van der Waals surface area contributed by atoms with Gasteiger partial charge >= 0.3 is 0 Å². The number of aromatic nitrogens is 2. The molecule has 29 heavy (non-hydrogen) atoms. The first-order chi connectivity index (χ1) is 13.5. The SMILES string of the molecule is Cc1ccnn1CCC(=O)NC1CCC2(CC1)CNC(=O)c1ccccc1O2.Cl. The van der Waals surface area contributed by atoms with E-state index < -0.39 is 5.60 Å². The Morgan fingerprint density at radius 1 is 1.31 bits per heavy atom. The highest BCUT2D eigenvalue weighted by Crippen LogP contribution is 2.36. The Bertz CT molecular complexity index is 874. The van der Waals surface area contributed by atoms with Crippen molar-refractivity contribution in [2.75, 3.05) is 6.54 Å². The first-order valence-corrected chi connectivity index (χ1v) is 9.89. The topological polar surface area (TPSA) is 85.3 Å². The Balaban J connectivity index is 0.00000240. The minimum Gasteiger partial charge on any atom is -0.485 e. The van der Waals surface area contributed by atoms with Crippen molar-refractivity contribution in [2.45, 2.75) is 57.2 Å². The second kappa shape index (κ2) is 8.86. The smallest absolute Gasteiger partial charge is 0.255 e. The molecule has 8 heteroatoms. The van der Waals surface area contributed by atoms with E-state index >= 15 is 0 Å². The van der Waals surface area contributed by atoms with Gasteiger partial charge in [0, 0.05) is 30.9 Å². The minimum absolute atomic E-state index is 0. The molecule has 2 heterocycles. The van der Waals surface area contributed by atoms with E-state index in [4.69, 9.17) is 4.74 Å². The molecule has 1 fully saturated rings. The summed E-state index contributed by atoms with van der Waals surface area (Å²) < 4.78 is 8.15. The second-order valence-electron chi connectivity index (χ2n) is 7.75. The lowest BCUT2D eigenvalue weighted by Gasteiger charge is -2.39. The van der Waals surface area contributed by atoms with Crippen molar-refractivity contribution < 1.29 is 14.3 Å². The van der Waals surface area contributed by atoms with Crippen LogP contribution in [0.3, 0.4) is 0 Å². The summed E-state index contributed by atoms with van der Waals surface area (Å²) in [7, 11) is 0. The van der Waals surface area contributed by atoms with Crippen LogP contribution < -0.4 is 15.4 Å². The highest BCUT2D eigenvalue weighted by atomic mass is 35.5. The van der Waals surface area contributed by atoms with Crippen molar-refractivity contribution in [3.63, 3.8) is 0 Å². The summed E-state index contributed by atoms with van der Waals surface area (Å²) in [6.07, 6.45) is 5.44. The Morgan fingerprint density at radius 2 is 2.07 bits per heavy atom.